The molecule has 5 rings (SSSR count). The Morgan fingerprint density at radius 1 is 1.10 bits per heavy atom. The fourth-order valence-electron chi connectivity index (χ4n) is 4.71. The van der Waals surface area contributed by atoms with E-state index in [1.54, 1.807) is 12.1 Å². The molecular formula is C21H24N4O5. The molecule has 0 bridgehead atoms. The SMILES string of the molecule is O=C1CCC(N2C(=O)c3ccc(CNCC4CCC5(CNC5)O4)cc3C2=O)C(=O)N1. The third kappa shape index (κ3) is 3.23. The van der Waals surface area contributed by atoms with Crippen molar-refractivity contribution in [2.45, 2.75) is 50.0 Å². The number of hydrogen-bond acceptors (Lipinski definition) is 7. The lowest BCUT2D eigenvalue weighted by Crippen LogP contribution is -2.59. The maximum atomic E-state index is 12.9. The van der Waals surface area contributed by atoms with Gasteiger partial charge in [-0.15, -0.1) is 0 Å². The van der Waals surface area contributed by atoms with E-state index in [1.807, 2.05) is 6.07 Å². The van der Waals surface area contributed by atoms with Crippen LogP contribution in [-0.4, -0.2) is 65.9 Å². The molecule has 0 aromatic heterocycles. The maximum absolute atomic E-state index is 12.9. The zero-order valence-electron chi connectivity index (χ0n) is 16.5. The molecule has 4 heterocycles. The van der Waals surface area contributed by atoms with Crippen molar-refractivity contribution in [3.05, 3.63) is 34.9 Å². The molecule has 1 spiro atoms. The molecule has 0 aliphatic carbocycles. The Morgan fingerprint density at radius 2 is 1.90 bits per heavy atom. The molecule has 4 aliphatic heterocycles. The van der Waals surface area contributed by atoms with E-state index in [4.69, 9.17) is 4.74 Å². The van der Waals surface area contributed by atoms with Crippen LogP contribution in [0, 0.1) is 0 Å². The number of amides is 4. The van der Waals surface area contributed by atoms with Crippen LogP contribution in [0.1, 0.15) is 52.0 Å². The third-order valence-corrected chi connectivity index (χ3v) is 6.44. The van der Waals surface area contributed by atoms with Gasteiger partial charge in [0.15, 0.2) is 0 Å². The average Bonchev–Trinajstić information content (AvgIpc) is 3.23. The van der Waals surface area contributed by atoms with Gasteiger partial charge < -0.3 is 15.4 Å². The normalized spacial score (nSPS) is 27.4. The van der Waals surface area contributed by atoms with Gasteiger partial charge in [0, 0.05) is 32.6 Å². The minimum Gasteiger partial charge on any atom is -0.368 e. The van der Waals surface area contributed by atoms with Crippen LogP contribution in [0.2, 0.25) is 0 Å². The maximum Gasteiger partial charge on any atom is 0.262 e. The topological polar surface area (TPSA) is 117 Å². The Balaban J connectivity index is 1.22. The quantitative estimate of drug-likeness (QED) is 0.569. The predicted octanol–water partition coefficient (Wildman–Crippen LogP) is -0.302. The number of hydrogen-bond donors (Lipinski definition) is 3. The van der Waals surface area contributed by atoms with Crippen LogP contribution in [0.25, 0.3) is 0 Å². The van der Waals surface area contributed by atoms with E-state index in [9.17, 15) is 19.2 Å². The molecule has 0 saturated carbocycles. The van der Waals surface area contributed by atoms with Crippen LogP contribution in [0.5, 0.6) is 0 Å². The molecule has 9 heteroatoms. The summed E-state index contributed by atoms with van der Waals surface area (Å²) in [5.74, 6) is -1.95. The number of nitrogens with zero attached hydrogens (tertiary/aromatic N) is 1. The summed E-state index contributed by atoms with van der Waals surface area (Å²) in [6, 6.07) is 4.23. The summed E-state index contributed by atoms with van der Waals surface area (Å²) < 4.78 is 6.13. The second kappa shape index (κ2) is 7.26. The first kappa shape index (κ1) is 19.3. The highest BCUT2D eigenvalue weighted by molar-refractivity contribution is 6.23. The van der Waals surface area contributed by atoms with Gasteiger partial charge in [-0.3, -0.25) is 29.4 Å². The van der Waals surface area contributed by atoms with Gasteiger partial charge in [-0.1, -0.05) is 6.07 Å². The first-order chi connectivity index (χ1) is 14.5. The van der Waals surface area contributed by atoms with Crippen molar-refractivity contribution >= 4 is 23.6 Å². The van der Waals surface area contributed by atoms with Crippen molar-refractivity contribution < 1.29 is 23.9 Å². The number of ether oxygens (including phenoxy) is 1. The molecule has 3 fully saturated rings. The van der Waals surface area contributed by atoms with Gasteiger partial charge >= 0.3 is 0 Å². The lowest BCUT2D eigenvalue weighted by molar-refractivity contribution is -0.136. The van der Waals surface area contributed by atoms with Crippen LogP contribution in [0.15, 0.2) is 18.2 Å². The number of carbonyl (C=O) groups is 4. The highest BCUT2D eigenvalue weighted by Crippen LogP contribution is 2.33. The van der Waals surface area contributed by atoms with E-state index in [0.717, 1.165) is 42.9 Å². The van der Waals surface area contributed by atoms with E-state index in [-0.39, 0.29) is 30.5 Å². The second-order valence-electron chi connectivity index (χ2n) is 8.52. The number of fused-ring (bicyclic) bond motifs is 1. The molecule has 30 heavy (non-hydrogen) atoms. The van der Waals surface area contributed by atoms with Crippen molar-refractivity contribution in [1.29, 1.82) is 0 Å². The summed E-state index contributed by atoms with van der Waals surface area (Å²) in [6.45, 7) is 3.13. The highest BCUT2D eigenvalue weighted by atomic mass is 16.5. The summed E-state index contributed by atoms with van der Waals surface area (Å²) in [6.07, 6.45) is 2.57. The van der Waals surface area contributed by atoms with Crippen molar-refractivity contribution in [2.75, 3.05) is 19.6 Å². The van der Waals surface area contributed by atoms with Crippen LogP contribution in [0.3, 0.4) is 0 Å². The van der Waals surface area contributed by atoms with Crippen molar-refractivity contribution in [1.82, 2.24) is 20.9 Å². The Bertz CT molecular complexity index is 941. The van der Waals surface area contributed by atoms with E-state index in [0.29, 0.717) is 17.7 Å². The van der Waals surface area contributed by atoms with Gasteiger partial charge in [-0.25, -0.2) is 0 Å². The van der Waals surface area contributed by atoms with Crippen LogP contribution in [-0.2, 0) is 20.9 Å². The molecule has 4 aliphatic rings. The fourth-order valence-corrected chi connectivity index (χ4v) is 4.71. The number of benzene rings is 1. The van der Waals surface area contributed by atoms with E-state index >= 15 is 0 Å². The lowest BCUT2D eigenvalue weighted by atomic mass is 9.93. The number of imide groups is 2. The Hall–Kier alpha value is -2.62. The van der Waals surface area contributed by atoms with E-state index in [1.165, 1.54) is 0 Å². The smallest absolute Gasteiger partial charge is 0.262 e. The molecule has 3 saturated heterocycles. The lowest BCUT2D eigenvalue weighted by Gasteiger charge is -2.38. The van der Waals surface area contributed by atoms with E-state index < -0.39 is 23.8 Å². The largest absolute Gasteiger partial charge is 0.368 e. The summed E-state index contributed by atoms with van der Waals surface area (Å²) in [5, 5.41) is 8.84. The Kier molecular flexibility index (Phi) is 4.68. The molecule has 4 amide bonds. The zero-order valence-corrected chi connectivity index (χ0v) is 16.5. The Morgan fingerprint density at radius 3 is 2.60 bits per heavy atom. The highest BCUT2D eigenvalue weighted by Gasteiger charge is 2.45. The summed E-state index contributed by atoms with van der Waals surface area (Å²) in [4.78, 5) is 50.1. The first-order valence-corrected chi connectivity index (χ1v) is 10.4. The Labute approximate surface area is 173 Å². The van der Waals surface area contributed by atoms with Gasteiger partial charge in [-0.05, 0) is 37.0 Å². The van der Waals surface area contributed by atoms with Gasteiger partial charge in [-0.2, -0.15) is 0 Å². The molecule has 158 valence electrons. The van der Waals surface area contributed by atoms with Crippen LogP contribution in [0.4, 0.5) is 0 Å². The van der Waals surface area contributed by atoms with Gasteiger partial charge in [0.2, 0.25) is 11.8 Å². The molecule has 0 radical (unpaired) electrons. The minimum absolute atomic E-state index is 0.0339. The molecule has 2 unspecified atom stereocenters. The molecule has 1 aromatic rings. The van der Waals surface area contributed by atoms with Gasteiger partial charge in [0.05, 0.1) is 22.8 Å². The van der Waals surface area contributed by atoms with E-state index in [2.05, 4.69) is 16.0 Å². The number of rotatable bonds is 5. The van der Waals surface area contributed by atoms with Gasteiger partial charge in [0.1, 0.15) is 6.04 Å². The van der Waals surface area contributed by atoms with Gasteiger partial charge in [0.25, 0.3) is 11.8 Å². The molecule has 2 atom stereocenters. The molecule has 1 aromatic carbocycles. The zero-order chi connectivity index (χ0) is 20.9. The third-order valence-electron chi connectivity index (χ3n) is 6.44. The average molecular weight is 412 g/mol. The molecule has 9 nitrogen and oxygen atoms in total. The number of nitrogens with one attached hydrogen (secondary N) is 3. The fraction of sp³-hybridized carbons (Fsp3) is 0.524. The summed E-state index contributed by atoms with van der Waals surface area (Å²) in [5.41, 5.74) is 1.53. The summed E-state index contributed by atoms with van der Waals surface area (Å²) >= 11 is 0. The van der Waals surface area contributed by atoms with Crippen molar-refractivity contribution in [2.24, 2.45) is 0 Å². The van der Waals surface area contributed by atoms with Crippen molar-refractivity contribution in [3.63, 3.8) is 0 Å². The second-order valence-corrected chi connectivity index (χ2v) is 8.52. The standard InChI is InChI=1S/C21H24N4O5/c26-17-4-3-16(18(27)24-17)25-19(28)14-2-1-12(7-15(14)20(25)29)8-22-9-13-5-6-21(30-13)10-23-11-21/h1-2,7,13,16,22-23H,3-6,8-11H2,(H,24,26,27). The summed E-state index contributed by atoms with van der Waals surface area (Å²) in [7, 11) is 0. The predicted molar refractivity (Wildman–Crippen MR) is 105 cm³/mol. The van der Waals surface area contributed by atoms with Crippen molar-refractivity contribution in [3.8, 4) is 0 Å². The molecule has 3 N–H and O–H groups in total. The number of carbonyl (C=O) groups excluding carboxylic acids is 4. The molecular weight excluding hydrogens is 388 g/mol. The van der Waals surface area contributed by atoms with Crippen LogP contribution < -0.4 is 16.0 Å². The minimum atomic E-state index is -0.940. The first-order valence-electron chi connectivity index (χ1n) is 10.4. The monoisotopic (exact) mass is 412 g/mol. The number of piperidine rings is 1. The van der Waals surface area contributed by atoms with Crippen LogP contribution >= 0.6 is 0 Å².